The maximum absolute atomic E-state index is 5.95. The lowest BCUT2D eigenvalue weighted by molar-refractivity contribution is 0.257. The minimum Gasteiger partial charge on any atom is -0.330 e. The summed E-state index contributed by atoms with van der Waals surface area (Å²) in [5, 5.41) is 0. The third-order valence-corrected chi connectivity index (χ3v) is 4.01. The van der Waals surface area contributed by atoms with Crippen molar-refractivity contribution in [1.82, 2.24) is 4.90 Å². The molecule has 2 aliphatic rings. The van der Waals surface area contributed by atoms with Crippen LogP contribution in [-0.2, 0) is 0 Å². The molecule has 1 aliphatic carbocycles. The minimum atomic E-state index is 0.468. The van der Waals surface area contributed by atoms with Gasteiger partial charge >= 0.3 is 0 Å². The fraction of sp³-hybridized carbons (Fsp3) is 0.833. The van der Waals surface area contributed by atoms with Crippen LogP contribution in [0.15, 0.2) is 12.2 Å². The molecule has 0 spiro atoms. The van der Waals surface area contributed by atoms with Gasteiger partial charge in [-0.2, -0.15) is 0 Å². The van der Waals surface area contributed by atoms with Crippen LogP contribution in [0.4, 0.5) is 0 Å². The van der Waals surface area contributed by atoms with Gasteiger partial charge in [-0.1, -0.05) is 18.6 Å². The molecule has 0 radical (unpaired) electrons. The van der Waals surface area contributed by atoms with E-state index in [0.717, 1.165) is 19.0 Å². The van der Waals surface area contributed by atoms with Gasteiger partial charge in [-0.05, 0) is 37.6 Å². The lowest BCUT2D eigenvalue weighted by Gasteiger charge is -2.27. The first-order valence-electron chi connectivity index (χ1n) is 5.73. The number of likely N-dealkylation sites (tertiary alicyclic amines) is 1. The number of fused-ring (bicyclic) bond motifs is 1. The highest BCUT2D eigenvalue weighted by atomic mass is 15.2. The smallest absolute Gasteiger partial charge is 0.0187 e. The molecule has 2 rings (SSSR count). The predicted octanol–water partition coefficient (Wildman–Crippen LogP) is 1.62. The second-order valence-electron chi connectivity index (χ2n) is 5.28. The van der Waals surface area contributed by atoms with Crippen molar-refractivity contribution in [2.45, 2.75) is 26.2 Å². The largest absolute Gasteiger partial charge is 0.330 e. The number of hydrogen-bond donors (Lipinski definition) is 1. The van der Waals surface area contributed by atoms with Crippen LogP contribution in [0.3, 0.4) is 0 Å². The summed E-state index contributed by atoms with van der Waals surface area (Å²) < 4.78 is 0. The Kier molecular flexibility index (Phi) is 2.67. The second kappa shape index (κ2) is 3.67. The van der Waals surface area contributed by atoms with E-state index in [9.17, 15) is 0 Å². The van der Waals surface area contributed by atoms with Gasteiger partial charge in [-0.15, -0.1) is 0 Å². The van der Waals surface area contributed by atoms with Crippen LogP contribution in [0, 0.1) is 11.3 Å². The monoisotopic (exact) mass is 194 g/mol. The molecule has 2 N–H and O–H groups in total. The van der Waals surface area contributed by atoms with Crippen molar-refractivity contribution in [2.75, 3.05) is 26.2 Å². The third-order valence-electron chi connectivity index (χ3n) is 4.01. The highest BCUT2D eigenvalue weighted by Gasteiger charge is 2.47. The van der Waals surface area contributed by atoms with Gasteiger partial charge in [0.2, 0.25) is 0 Å². The van der Waals surface area contributed by atoms with Crippen LogP contribution in [0.1, 0.15) is 26.2 Å². The van der Waals surface area contributed by atoms with Crippen molar-refractivity contribution < 1.29 is 0 Å². The normalized spacial score (nSPS) is 37.4. The Morgan fingerprint density at radius 2 is 2.43 bits per heavy atom. The molecule has 1 heterocycles. The van der Waals surface area contributed by atoms with E-state index in [1.807, 2.05) is 0 Å². The maximum Gasteiger partial charge on any atom is 0.0187 e. The van der Waals surface area contributed by atoms with Crippen LogP contribution in [0.5, 0.6) is 0 Å². The minimum absolute atomic E-state index is 0.468. The molecule has 2 atom stereocenters. The molecule has 2 heteroatoms. The maximum atomic E-state index is 5.95. The molecular weight excluding hydrogens is 172 g/mol. The molecule has 0 aromatic rings. The summed E-state index contributed by atoms with van der Waals surface area (Å²) in [6, 6.07) is 0. The van der Waals surface area contributed by atoms with Crippen LogP contribution >= 0.6 is 0 Å². The Morgan fingerprint density at radius 3 is 3.00 bits per heavy atom. The van der Waals surface area contributed by atoms with E-state index in [4.69, 9.17) is 5.73 Å². The van der Waals surface area contributed by atoms with Crippen molar-refractivity contribution in [3.63, 3.8) is 0 Å². The molecule has 0 bridgehead atoms. The summed E-state index contributed by atoms with van der Waals surface area (Å²) in [6.07, 6.45) is 4.13. The van der Waals surface area contributed by atoms with Gasteiger partial charge in [0.25, 0.3) is 0 Å². The Hall–Kier alpha value is -0.340. The topological polar surface area (TPSA) is 29.3 Å². The van der Waals surface area contributed by atoms with Gasteiger partial charge in [0, 0.05) is 19.6 Å². The van der Waals surface area contributed by atoms with E-state index in [0.29, 0.717) is 5.41 Å². The lowest BCUT2D eigenvalue weighted by Crippen LogP contribution is -2.35. The number of rotatable bonds is 3. The summed E-state index contributed by atoms with van der Waals surface area (Å²) in [6.45, 7) is 10.5. The first-order valence-corrected chi connectivity index (χ1v) is 5.73. The van der Waals surface area contributed by atoms with Gasteiger partial charge in [-0.25, -0.2) is 0 Å². The van der Waals surface area contributed by atoms with Gasteiger partial charge in [0.05, 0.1) is 0 Å². The SMILES string of the molecule is C=C(C)CN1CC2CCCC2(CN)C1. The molecule has 0 amide bonds. The van der Waals surface area contributed by atoms with Crippen molar-refractivity contribution >= 4 is 0 Å². The number of hydrogen-bond acceptors (Lipinski definition) is 2. The Labute approximate surface area is 87.2 Å². The van der Waals surface area contributed by atoms with E-state index >= 15 is 0 Å². The summed E-state index contributed by atoms with van der Waals surface area (Å²) in [5.74, 6) is 0.867. The zero-order valence-electron chi connectivity index (χ0n) is 9.26. The van der Waals surface area contributed by atoms with E-state index in [-0.39, 0.29) is 0 Å². The zero-order valence-corrected chi connectivity index (χ0v) is 9.26. The van der Waals surface area contributed by atoms with Gasteiger partial charge in [0.15, 0.2) is 0 Å². The van der Waals surface area contributed by atoms with Gasteiger partial charge in [0.1, 0.15) is 0 Å². The fourth-order valence-corrected chi connectivity index (χ4v) is 3.36. The highest BCUT2D eigenvalue weighted by Crippen LogP contribution is 2.47. The van der Waals surface area contributed by atoms with Crippen LogP contribution in [-0.4, -0.2) is 31.1 Å². The van der Waals surface area contributed by atoms with Crippen LogP contribution in [0.25, 0.3) is 0 Å². The number of nitrogens with two attached hydrogens (primary N) is 1. The predicted molar refractivity (Wildman–Crippen MR) is 60.1 cm³/mol. The summed E-state index contributed by atoms with van der Waals surface area (Å²) in [4.78, 5) is 2.54. The molecule has 1 saturated carbocycles. The molecule has 0 aromatic heterocycles. The van der Waals surface area contributed by atoms with E-state index in [1.165, 1.54) is 37.9 Å². The lowest BCUT2D eigenvalue weighted by atomic mass is 9.81. The van der Waals surface area contributed by atoms with Gasteiger partial charge in [-0.3, -0.25) is 4.90 Å². The Morgan fingerprint density at radius 1 is 1.64 bits per heavy atom. The molecule has 1 aliphatic heterocycles. The molecule has 2 fully saturated rings. The summed E-state index contributed by atoms with van der Waals surface area (Å²) in [7, 11) is 0. The van der Waals surface area contributed by atoms with Crippen molar-refractivity contribution in [2.24, 2.45) is 17.1 Å². The molecule has 0 aromatic carbocycles. The van der Waals surface area contributed by atoms with Crippen molar-refractivity contribution in [3.05, 3.63) is 12.2 Å². The van der Waals surface area contributed by atoms with Crippen LogP contribution in [0.2, 0.25) is 0 Å². The average Bonchev–Trinajstić information content (AvgIpc) is 2.59. The zero-order chi connectivity index (χ0) is 10.2. The Balaban J connectivity index is 2.01. The Bertz CT molecular complexity index is 236. The molecular formula is C12H22N2. The molecule has 80 valence electrons. The van der Waals surface area contributed by atoms with E-state index in [1.54, 1.807) is 0 Å². The second-order valence-corrected chi connectivity index (χ2v) is 5.28. The van der Waals surface area contributed by atoms with Crippen molar-refractivity contribution in [1.29, 1.82) is 0 Å². The number of nitrogens with zero attached hydrogens (tertiary/aromatic N) is 1. The molecule has 14 heavy (non-hydrogen) atoms. The van der Waals surface area contributed by atoms with E-state index in [2.05, 4.69) is 18.4 Å². The highest BCUT2D eigenvalue weighted by molar-refractivity contribution is 5.04. The first-order chi connectivity index (χ1) is 6.66. The van der Waals surface area contributed by atoms with Gasteiger partial charge < -0.3 is 5.73 Å². The quantitative estimate of drug-likeness (QED) is 0.692. The molecule has 1 saturated heterocycles. The fourth-order valence-electron chi connectivity index (χ4n) is 3.36. The first kappa shape index (κ1) is 10.2. The van der Waals surface area contributed by atoms with E-state index < -0.39 is 0 Å². The molecule has 2 nitrogen and oxygen atoms in total. The van der Waals surface area contributed by atoms with Crippen LogP contribution < -0.4 is 5.73 Å². The standard InChI is InChI=1S/C12H22N2/c1-10(2)6-14-7-11-4-3-5-12(11,8-13)9-14/h11H,1,3-9,13H2,2H3. The third kappa shape index (κ3) is 1.61. The summed E-state index contributed by atoms with van der Waals surface area (Å²) in [5.41, 5.74) is 7.70. The van der Waals surface area contributed by atoms with Crippen molar-refractivity contribution in [3.8, 4) is 0 Å². The average molecular weight is 194 g/mol. The summed E-state index contributed by atoms with van der Waals surface area (Å²) >= 11 is 0. The molecule has 2 unspecified atom stereocenters.